The number of nitrogens with zero attached hydrogens (tertiary/aromatic N) is 1. The highest BCUT2D eigenvalue weighted by atomic mass is 35.5. The Hall–Kier alpha value is -1.97. The van der Waals surface area contributed by atoms with Gasteiger partial charge >= 0.3 is 0 Å². The lowest BCUT2D eigenvalue weighted by Gasteiger charge is -2.11. The zero-order valence-electron chi connectivity index (χ0n) is 10.3. The van der Waals surface area contributed by atoms with E-state index >= 15 is 0 Å². The first kappa shape index (κ1) is 13.0. The quantitative estimate of drug-likeness (QED) is 0.731. The van der Waals surface area contributed by atoms with Gasteiger partial charge in [-0.2, -0.15) is 0 Å². The minimum absolute atomic E-state index is 0.432. The van der Waals surface area contributed by atoms with Crippen LogP contribution in [0.15, 0.2) is 48.7 Å². The SMILES string of the molecule is Nc1cnc2ccccc2c1Oc1ccc(Cl)c(Cl)c1. The molecule has 0 aliphatic heterocycles. The molecule has 0 atom stereocenters. The Morgan fingerprint density at radius 3 is 2.60 bits per heavy atom. The number of halogens is 2. The molecule has 0 saturated carbocycles. The van der Waals surface area contributed by atoms with Crippen LogP contribution >= 0.6 is 23.2 Å². The summed E-state index contributed by atoms with van der Waals surface area (Å²) in [5, 5.41) is 1.76. The number of nitrogen functional groups attached to an aromatic ring is 1. The first-order chi connectivity index (χ1) is 9.65. The highest BCUT2D eigenvalue weighted by Crippen LogP contribution is 2.36. The maximum Gasteiger partial charge on any atom is 0.161 e. The highest BCUT2D eigenvalue weighted by Gasteiger charge is 2.09. The second-order valence-corrected chi connectivity index (χ2v) is 5.05. The molecule has 20 heavy (non-hydrogen) atoms. The molecule has 1 aromatic heterocycles. The Kier molecular flexibility index (Phi) is 3.38. The van der Waals surface area contributed by atoms with Gasteiger partial charge in [0.15, 0.2) is 5.75 Å². The van der Waals surface area contributed by atoms with E-state index in [0.29, 0.717) is 27.2 Å². The van der Waals surface area contributed by atoms with Crippen LogP contribution in [-0.4, -0.2) is 4.98 Å². The van der Waals surface area contributed by atoms with Crippen LogP contribution in [0.5, 0.6) is 11.5 Å². The normalized spacial score (nSPS) is 10.7. The molecule has 5 heteroatoms. The van der Waals surface area contributed by atoms with Crippen molar-refractivity contribution in [2.75, 3.05) is 5.73 Å². The van der Waals surface area contributed by atoms with E-state index in [0.717, 1.165) is 10.9 Å². The molecule has 0 saturated heterocycles. The summed E-state index contributed by atoms with van der Waals surface area (Å²) < 4.78 is 5.85. The van der Waals surface area contributed by atoms with Crippen molar-refractivity contribution < 1.29 is 4.74 Å². The summed E-state index contributed by atoms with van der Waals surface area (Å²) in [6, 6.07) is 12.7. The van der Waals surface area contributed by atoms with Crippen molar-refractivity contribution in [3.05, 3.63) is 58.7 Å². The van der Waals surface area contributed by atoms with Gasteiger partial charge in [-0.25, -0.2) is 0 Å². The summed E-state index contributed by atoms with van der Waals surface area (Å²) in [6.45, 7) is 0. The second-order valence-electron chi connectivity index (χ2n) is 4.24. The van der Waals surface area contributed by atoms with Crippen molar-refractivity contribution in [3.63, 3.8) is 0 Å². The molecule has 0 fully saturated rings. The second kappa shape index (κ2) is 5.19. The molecule has 100 valence electrons. The van der Waals surface area contributed by atoms with Crippen LogP contribution in [0.4, 0.5) is 5.69 Å². The minimum atomic E-state index is 0.432. The maximum atomic E-state index is 5.98. The highest BCUT2D eigenvalue weighted by molar-refractivity contribution is 6.42. The number of pyridine rings is 1. The van der Waals surface area contributed by atoms with Crippen LogP contribution in [-0.2, 0) is 0 Å². The molecule has 0 aliphatic rings. The number of nitrogens with two attached hydrogens (primary N) is 1. The molecule has 0 spiro atoms. The lowest BCUT2D eigenvalue weighted by molar-refractivity contribution is 0.490. The third-order valence-corrected chi connectivity index (χ3v) is 3.60. The number of fused-ring (bicyclic) bond motifs is 1. The van der Waals surface area contributed by atoms with Crippen LogP contribution in [0.3, 0.4) is 0 Å². The average Bonchev–Trinajstić information content (AvgIpc) is 2.46. The third kappa shape index (κ3) is 2.38. The molecule has 3 rings (SSSR count). The summed E-state index contributed by atoms with van der Waals surface area (Å²) in [5.74, 6) is 1.14. The van der Waals surface area contributed by atoms with Crippen molar-refractivity contribution in [1.29, 1.82) is 0 Å². The summed E-state index contributed by atoms with van der Waals surface area (Å²) in [4.78, 5) is 4.26. The lowest BCUT2D eigenvalue weighted by atomic mass is 10.2. The standard InChI is InChI=1S/C15H10Cl2N2O/c16-11-6-5-9(7-12(11)17)20-15-10-3-1-2-4-14(10)19-8-13(15)18/h1-8H,18H2. The molecule has 0 amide bonds. The van der Waals surface area contributed by atoms with Gasteiger partial charge < -0.3 is 10.5 Å². The summed E-state index contributed by atoms with van der Waals surface area (Å²) in [7, 11) is 0. The molecule has 0 radical (unpaired) electrons. The molecule has 2 aromatic carbocycles. The van der Waals surface area contributed by atoms with Gasteiger partial charge in [-0.05, 0) is 24.3 Å². The number of aromatic nitrogens is 1. The van der Waals surface area contributed by atoms with Gasteiger partial charge in [-0.1, -0.05) is 35.3 Å². The molecular weight excluding hydrogens is 295 g/mol. The van der Waals surface area contributed by atoms with E-state index in [1.807, 2.05) is 24.3 Å². The van der Waals surface area contributed by atoms with Crippen molar-refractivity contribution in [3.8, 4) is 11.5 Å². The number of para-hydroxylation sites is 1. The van der Waals surface area contributed by atoms with E-state index < -0.39 is 0 Å². The number of hydrogen-bond acceptors (Lipinski definition) is 3. The van der Waals surface area contributed by atoms with Crippen LogP contribution in [0.25, 0.3) is 10.9 Å². The first-order valence-electron chi connectivity index (χ1n) is 5.91. The molecule has 2 N–H and O–H groups in total. The summed E-state index contributed by atoms with van der Waals surface area (Å²) in [5.41, 5.74) is 7.24. The van der Waals surface area contributed by atoms with Crippen molar-refractivity contribution in [2.24, 2.45) is 0 Å². The Balaban J connectivity index is 2.10. The minimum Gasteiger partial charge on any atom is -0.454 e. The van der Waals surface area contributed by atoms with Crippen molar-refractivity contribution in [1.82, 2.24) is 4.98 Å². The number of hydrogen-bond donors (Lipinski definition) is 1. The van der Waals surface area contributed by atoms with Gasteiger partial charge in [0.2, 0.25) is 0 Å². The fraction of sp³-hybridized carbons (Fsp3) is 0. The average molecular weight is 305 g/mol. The predicted molar refractivity (Wildman–Crippen MR) is 82.7 cm³/mol. The van der Waals surface area contributed by atoms with Gasteiger partial charge in [-0.3, -0.25) is 4.98 Å². The van der Waals surface area contributed by atoms with E-state index in [2.05, 4.69) is 4.98 Å². The molecule has 1 heterocycles. The van der Waals surface area contributed by atoms with Crippen molar-refractivity contribution >= 4 is 39.8 Å². The van der Waals surface area contributed by atoms with Gasteiger partial charge in [0.25, 0.3) is 0 Å². The fourth-order valence-electron chi connectivity index (χ4n) is 1.90. The predicted octanol–water partition coefficient (Wildman–Crippen LogP) is 4.92. The molecule has 0 bridgehead atoms. The first-order valence-corrected chi connectivity index (χ1v) is 6.67. The third-order valence-electron chi connectivity index (χ3n) is 2.86. The van der Waals surface area contributed by atoms with E-state index in [1.54, 1.807) is 24.4 Å². The monoisotopic (exact) mass is 304 g/mol. The Morgan fingerprint density at radius 2 is 1.80 bits per heavy atom. The van der Waals surface area contributed by atoms with Crippen LogP contribution in [0.1, 0.15) is 0 Å². The smallest absolute Gasteiger partial charge is 0.161 e. The molecule has 0 unspecified atom stereocenters. The zero-order chi connectivity index (χ0) is 14.1. The molecule has 3 aromatic rings. The van der Waals surface area contributed by atoms with Gasteiger partial charge in [-0.15, -0.1) is 0 Å². The summed E-state index contributed by atoms with van der Waals surface area (Å²) in [6.07, 6.45) is 1.58. The lowest BCUT2D eigenvalue weighted by Crippen LogP contribution is -1.95. The fourth-order valence-corrected chi connectivity index (χ4v) is 2.19. The van der Waals surface area contributed by atoms with Gasteiger partial charge in [0, 0.05) is 11.5 Å². The summed E-state index contributed by atoms with van der Waals surface area (Å²) >= 11 is 11.9. The molecule has 3 nitrogen and oxygen atoms in total. The Morgan fingerprint density at radius 1 is 1.00 bits per heavy atom. The van der Waals surface area contributed by atoms with Gasteiger partial charge in [0.05, 0.1) is 27.4 Å². The number of ether oxygens (including phenoxy) is 1. The molecule has 0 aliphatic carbocycles. The molecular formula is C15H10Cl2N2O. The topological polar surface area (TPSA) is 48.1 Å². The number of anilines is 1. The largest absolute Gasteiger partial charge is 0.454 e. The Labute approximate surface area is 125 Å². The Bertz CT molecular complexity index is 790. The van der Waals surface area contributed by atoms with Crippen LogP contribution in [0.2, 0.25) is 10.0 Å². The van der Waals surface area contributed by atoms with Crippen molar-refractivity contribution in [2.45, 2.75) is 0 Å². The van der Waals surface area contributed by atoms with E-state index in [-0.39, 0.29) is 0 Å². The zero-order valence-corrected chi connectivity index (χ0v) is 11.8. The van der Waals surface area contributed by atoms with E-state index in [1.165, 1.54) is 0 Å². The maximum absolute atomic E-state index is 5.98. The number of rotatable bonds is 2. The van der Waals surface area contributed by atoms with E-state index in [4.69, 9.17) is 33.7 Å². The van der Waals surface area contributed by atoms with Gasteiger partial charge in [0.1, 0.15) is 5.75 Å². The van der Waals surface area contributed by atoms with Crippen LogP contribution in [0, 0.1) is 0 Å². The van der Waals surface area contributed by atoms with E-state index in [9.17, 15) is 0 Å². The number of benzene rings is 2. The van der Waals surface area contributed by atoms with Crippen LogP contribution < -0.4 is 10.5 Å².